The number of benzene rings is 1. The van der Waals surface area contributed by atoms with Crippen LogP contribution in [0.2, 0.25) is 5.02 Å². The molecule has 1 N–H and O–H groups in total. The average molecular weight is 302 g/mol. The van der Waals surface area contributed by atoms with Crippen molar-refractivity contribution >= 4 is 35.2 Å². The van der Waals surface area contributed by atoms with Crippen LogP contribution in [0.25, 0.3) is 0 Å². The van der Waals surface area contributed by atoms with Gasteiger partial charge in [0.15, 0.2) is 0 Å². The number of carbonyl (C=O) groups excluding carboxylic acids is 1. The Morgan fingerprint density at radius 1 is 1.37 bits per heavy atom. The van der Waals surface area contributed by atoms with Gasteiger partial charge in [-0.15, -0.1) is 11.8 Å². The second-order valence-electron chi connectivity index (χ2n) is 3.92. The lowest BCUT2D eigenvalue weighted by Gasteiger charge is -2.20. The molecule has 0 aliphatic carbocycles. The number of halogens is 1. The highest BCUT2D eigenvalue weighted by atomic mass is 35.5. The summed E-state index contributed by atoms with van der Waals surface area (Å²) in [5, 5.41) is 9.17. The Morgan fingerprint density at radius 2 is 2.11 bits per heavy atom. The first kappa shape index (κ1) is 15.9. The zero-order valence-electron chi connectivity index (χ0n) is 10.6. The minimum Gasteiger partial charge on any atom is -0.481 e. The van der Waals surface area contributed by atoms with Gasteiger partial charge in [0.2, 0.25) is 5.91 Å². The molecule has 0 unspecified atom stereocenters. The summed E-state index contributed by atoms with van der Waals surface area (Å²) < 4.78 is 0. The van der Waals surface area contributed by atoms with Crippen molar-refractivity contribution in [2.45, 2.75) is 13.5 Å². The van der Waals surface area contributed by atoms with Gasteiger partial charge >= 0.3 is 5.97 Å². The van der Waals surface area contributed by atoms with Crippen molar-refractivity contribution in [3.05, 3.63) is 34.9 Å². The minimum atomic E-state index is -0.907. The molecule has 0 bridgehead atoms. The summed E-state index contributed by atoms with van der Waals surface area (Å²) in [6.07, 6.45) is 0. The van der Waals surface area contributed by atoms with E-state index in [2.05, 4.69) is 0 Å². The van der Waals surface area contributed by atoms with Gasteiger partial charge in [-0.2, -0.15) is 0 Å². The fourth-order valence-electron chi connectivity index (χ4n) is 1.55. The Hall–Kier alpha value is -1.20. The Kier molecular flexibility index (Phi) is 6.73. The maximum Gasteiger partial charge on any atom is 0.313 e. The zero-order chi connectivity index (χ0) is 14.3. The predicted octanol–water partition coefficient (Wildman–Crippen LogP) is 2.51. The monoisotopic (exact) mass is 301 g/mol. The standard InChI is InChI=1S/C13H16ClNO3S/c1-2-15(12(16)8-19-9-13(17)18)7-10-4-3-5-11(14)6-10/h3-6H,2,7-9H2,1H3,(H,17,18). The van der Waals surface area contributed by atoms with Crippen LogP contribution in [0.1, 0.15) is 12.5 Å². The van der Waals surface area contributed by atoms with Gasteiger partial charge in [0.1, 0.15) is 0 Å². The van der Waals surface area contributed by atoms with E-state index in [1.54, 1.807) is 11.0 Å². The van der Waals surface area contributed by atoms with Gasteiger partial charge in [-0.25, -0.2) is 0 Å². The topological polar surface area (TPSA) is 57.6 Å². The fraction of sp³-hybridized carbons (Fsp3) is 0.385. The van der Waals surface area contributed by atoms with E-state index in [0.717, 1.165) is 17.3 Å². The van der Waals surface area contributed by atoms with E-state index in [-0.39, 0.29) is 17.4 Å². The number of nitrogens with zero attached hydrogens (tertiary/aromatic N) is 1. The largest absolute Gasteiger partial charge is 0.481 e. The molecule has 0 fully saturated rings. The lowest BCUT2D eigenvalue weighted by molar-refractivity contribution is -0.133. The van der Waals surface area contributed by atoms with Crippen molar-refractivity contribution in [2.75, 3.05) is 18.1 Å². The molecule has 19 heavy (non-hydrogen) atoms. The molecule has 0 aliphatic heterocycles. The van der Waals surface area contributed by atoms with E-state index in [1.807, 2.05) is 25.1 Å². The normalized spacial score (nSPS) is 10.2. The van der Waals surface area contributed by atoms with Crippen LogP contribution in [-0.2, 0) is 16.1 Å². The summed E-state index contributed by atoms with van der Waals surface area (Å²) in [6, 6.07) is 7.36. The van der Waals surface area contributed by atoms with E-state index < -0.39 is 5.97 Å². The Balaban J connectivity index is 2.52. The van der Waals surface area contributed by atoms with E-state index in [1.165, 1.54) is 0 Å². The quantitative estimate of drug-likeness (QED) is 0.841. The smallest absolute Gasteiger partial charge is 0.313 e. The van der Waals surface area contributed by atoms with E-state index in [9.17, 15) is 9.59 Å². The number of aliphatic carboxylic acids is 1. The fourth-order valence-corrected chi connectivity index (χ4v) is 2.40. The second-order valence-corrected chi connectivity index (χ2v) is 5.35. The molecule has 6 heteroatoms. The molecule has 1 aromatic carbocycles. The van der Waals surface area contributed by atoms with Crippen LogP contribution >= 0.6 is 23.4 Å². The van der Waals surface area contributed by atoms with Gasteiger partial charge in [-0.05, 0) is 24.6 Å². The third-order valence-electron chi connectivity index (χ3n) is 2.45. The van der Waals surface area contributed by atoms with Crippen LogP contribution in [-0.4, -0.2) is 39.9 Å². The maximum absolute atomic E-state index is 11.9. The molecule has 4 nitrogen and oxygen atoms in total. The van der Waals surface area contributed by atoms with Crippen molar-refractivity contribution in [1.29, 1.82) is 0 Å². The van der Waals surface area contributed by atoms with Crippen molar-refractivity contribution in [2.24, 2.45) is 0 Å². The van der Waals surface area contributed by atoms with Gasteiger partial charge in [-0.1, -0.05) is 23.7 Å². The lowest BCUT2D eigenvalue weighted by Crippen LogP contribution is -2.32. The zero-order valence-corrected chi connectivity index (χ0v) is 12.2. The van der Waals surface area contributed by atoms with Gasteiger partial charge in [0, 0.05) is 18.1 Å². The van der Waals surface area contributed by atoms with E-state index in [0.29, 0.717) is 18.1 Å². The Bertz CT molecular complexity index is 453. The number of carboxylic acid groups (broad SMARTS) is 1. The minimum absolute atomic E-state index is 0.0551. The number of amides is 1. The first-order valence-corrected chi connectivity index (χ1v) is 7.38. The van der Waals surface area contributed by atoms with Crippen LogP contribution in [0.15, 0.2) is 24.3 Å². The summed E-state index contributed by atoms with van der Waals surface area (Å²) in [7, 11) is 0. The third kappa shape index (κ3) is 5.98. The number of rotatable bonds is 7. The highest BCUT2D eigenvalue weighted by Gasteiger charge is 2.13. The Labute approximate surface area is 121 Å². The van der Waals surface area contributed by atoms with Crippen LogP contribution in [0.3, 0.4) is 0 Å². The van der Waals surface area contributed by atoms with Crippen molar-refractivity contribution in [1.82, 2.24) is 4.90 Å². The van der Waals surface area contributed by atoms with Gasteiger partial charge in [0.05, 0.1) is 11.5 Å². The van der Waals surface area contributed by atoms with Gasteiger partial charge in [0.25, 0.3) is 0 Å². The summed E-state index contributed by atoms with van der Waals surface area (Å²) >= 11 is 7.01. The molecular weight excluding hydrogens is 286 g/mol. The predicted molar refractivity (Wildman–Crippen MR) is 77.5 cm³/mol. The second kappa shape index (κ2) is 8.07. The summed E-state index contributed by atoms with van der Waals surface area (Å²) in [5.74, 6) is -0.842. The molecule has 0 aliphatic rings. The van der Waals surface area contributed by atoms with Gasteiger partial charge in [-0.3, -0.25) is 9.59 Å². The van der Waals surface area contributed by atoms with Crippen molar-refractivity contribution in [3.8, 4) is 0 Å². The summed E-state index contributed by atoms with van der Waals surface area (Å²) in [5.41, 5.74) is 0.964. The van der Waals surface area contributed by atoms with Crippen molar-refractivity contribution < 1.29 is 14.7 Å². The first-order valence-electron chi connectivity index (χ1n) is 5.84. The summed E-state index contributed by atoms with van der Waals surface area (Å²) in [4.78, 5) is 24.0. The molecule has 0 saturated heterocycles. The molecule has 0 radical (unpaired) electrons. The molecule has 1 aromatic rings. The SMILES string of the molecule is CCN(Cc1cccc(Cl)c1)C(=O)CSCC(=O)O. The van der Waals surface area contributed by atoms with E-state index in [4.69, 9.17) is 16.7 Å². The number of thioether (sulfide) groups is 1. The number of hydrogen-bond donors (Lipinski definition) is 1. The molecule has 1 amide bonds. The first-order chi connectivity index (χ1) is 9.02. The number of hydrogen-bond acceptors (Lipinski definition) is 3. The molecule has 0 spiro atoms. The molecular formula is C13H16ClNO3S. The van der Waals surface area contributed by atoms with Crippen LogP contribution < -0.4 is 0 Å². The number of carbonyl (C=O) groups is 2. The van der Waals surface area contributed by atoms with E-state index >= 15 is 0 Å². The Morgan fingerprint density at radius 3 is 2.68 bits per heavy atom. The molecule has 104 valence electrons. The molecule has 0 atom stereocenters. The van der Waals surface area contributed by atoms with Crippen LogP contribution in [0.4, 0.5) is 0 Å². The number of carboxylic acids is 1. The maximum atomic E-state index is 11.9. The molecule has 1 rings (SSSR count). The average Bonchev–Trinajstić information content (AvgIpc) is 2.35. The van der Waals surface area contributed by atoms with Gasteiger partial charge < -0.3 is 10.0 Å². The molecule has 0 saturated carbocycles. The molecule has 0 aromatic heterocycles. The lowest BCUT2D eigenvalue weighted by atomic mass is 10.2. The van der Waals surface area contributed by atoms with Crippen molar-refractivity contribution in [3.63, 3.8) is 0 Å². The third-order valence-corrected chi connectivity index (χ3v) is 3.59. The summed E-state index contributed by atoms with van der Waals surface area (Å²) in [6.45, 7) is 2.97. The van der Waals surface area contributed by atoms with Crippen LogP contribution in [0, 0.1) is 0 Å². The highest BCUT2D eigenvalue weighted by Crippen LogP contribution is 2.13. The highest BCUT2D eigenvalue weighted by molar-refractivity contribution is 8.00. The van der Waals surface area contributed by atoms with Crippen LogP contribution in [0.5, 0.6) is 0 Å². The molecule has 0 heterocycles.